The molecule has 216 valence electrons. The smallest absolute Gasteiger partial charge is 0.263 e. The van der Waals surface area contributed by atoms with Gasteiger partial charge in [-0.15, -0.1) is 4.41 Å². The first kappa shape index (κ1) is 28.8. The number of rotatable bonds is 9. The second-order valence-electron chi connectivity index (χ2n) is 10.1. The number of nitrogens with zero attached hydrogens (tertiary/aromatic N) is 5. The molecule has 3 heterocycles. The number of aromatic nitrogens is 2. The van der Waals surface area contributed by atoms with Gasteiger partial charge >= 0.3 is 0 Å². The van der Waals surface area contributed by atoms with Gasteiger partial charge in [0.05, 0.1) is 31.6 Å². The lowest BCUT2D eigenvalue weighted by atomic mass is 10.1. The molecule has 2 saturated heterocycles. The fourth-order valence-corrected chi connectivity index (χ4v) is 6.71. The molecule has 1 N–H and O–H groups in total. The SMILES string of the molecule is COc1ccccc1S(=O)(=O)N(Nc1nccc(-c2ccc(OC3CCOCC3)c(C#N)c2)n1)C1CCN(C)CC1. The highest BCUT2D eigenvalue weighted by molar-refractivity contribution is 7.89. The second-order valence-corrected chi connectivity index (χ2v) is 11.9. The number of piperidine rings is 1. The number of para-hydroxylation sites is 1. The lowest BCUT2D eigenvalue weighted by molar-refractivity contribution is 0.0254. The van der Waals surface area contributed by atoms with E-state index in [0.29, 0.717) is 48.6 Å². The van der Waals surface area contributed by atoms with Crippen molar-refractivity contribution in [2.75, 3.05) is 45.9 Å². The average Bonchev–Trinajstić information content (AvgIpc) is 3.01. The van der Waals surface area contributed by atoms with E-state index in [1.165, 1.54) is 17.6 Å². The first-order valence-corrected chi connectivity index (χ1v) is 15.1. The van der Waals surface area contributed by atoms with Crippen LogP contribution in [0.4, 0.5) is 5.95 Å². The second kappa shape index (κ2) is 12.8. The van der Waals surface area contributed by atoms with Gasteiger partial charge in [-0.2, -0.15) is 5.26 Å². The Balaban J connectivity index is 1.43. The largest absolute Gasteiger partial charge is 0.495 e. The Hall–Kier alpha value is -3.76. The number of ether oxygens (including phenoxy) is 3. The van der Waals surface area contributed by atoms with Crippen molar-refractivity contribution in [1.82, 2.24) is 19.3 Å². The summed E-state index contributed by atoms with van der Waals surface area (Å²) in [6.07, 6.45) is 4.39. The number of hydrogen-bond donors (Lipinski definition) is 1. The molecule has 0 atom stereocenters. The van der Waals surface area contributed by atoms with E-state index in [4.69, 9.17) is 14.2 Å². The highest BCUT2D eigenvalue weighted by Crippen LogP contribution is 2.31. The number of anilines is 1. The third-order valence-electron chi connectivity index (χ3n) is 7.35. The molecule has 0 aliphatic carbocycles. The number of hydrazine groups is 1. The highest BCUT2D eigenvalue weighted by Gasteiger charge is 2.36. The summed E-state index contributed by atoms with van der Waals surface area (Å²) in [5, 5.41) is 9.81. The maximum Gasteiger partial charge on any atom is 0.263 e. The molecule has 1 aromatic heterocycles. The van der Waals surface area contributed by atoms with Crippen LogP contribution in [-0.4, -0.2) is 80.3 Å². The predicted molar refractivity (Wildman–Crippen MR) is 153 cm³/mol. The van der Waals surface area contributed by atoms with Crippen molar-refractivity contribution in [3.05, 3.63) is 60.3 Å². The van der Waals surface area contributed by atoms with E-state index in [2.05, 4.69) is 26.4 Å². The Labute approximate surface area is 240 Å². The molecular formula is C29H34N6O5S. The van der Waals surface area contributed by atoms with Crippen molar-refractivity contribution in [2.45, 2.75) is 42.7 Å². The lowest BCUT2D eigenvalue weighted by Gasteiger charge is -2.36. The maximum absolute atomic E-state index is 14.0. The predicted octanol–water partition coefficient (Wildman–Crippen LogP) is 3.69. The van der Waals surface area contributed by atoms with Crippen molar-refractivity contribution >= 4 is 16.0 Å². The van der Waals surface area contributed by atoms with Gasteiger partial charge in [0.2, 0.25) is 5.95 Å². The molecule has 0 unspecified atom stereocenters. The van der Waals surface area contributed by atoms with Gasteiger partial charge in [0.25, 0.3) is 10.0 Å². The Kier molecular flexibility index (Phi) is 8.99. The van der Waals surface area contributed by atoms with E-state index in [1.807, 2.05) is 13.1 Å². The Morgan fingerprint density at radius 3 is 2.56 bits per heavy atom. The zero-order valence-corrected chi connectivity index (χ0v) is 24.0. The van der Waals surface area contributed by atoms with E-state index in [1.54, 1.807) is 42.6 Å². The monoisotopic (exact) mass is 578 g/mol. The van der Waals surface area contributed by atoms with Crippen LogP contribution in [0.2, 0.25) is 0 Å². The third kappa shape index (κ3) is 6.60. The minimum Gasteiger partial charge on any atom is -0.495 e. The van der Waals surface area contributed by atoms with Crippen LogP contribution in [0.1, 0.15) is 31.2 Å². The molecule has 41 heavy (non-hydrogen) atoms. The number of benzene rings is 2. The molecule has 3 aromatic rings. The number of methoxy groups -OCH3 is 1. The van der Waals surface area contributed by atoms with Crippen LogP contribution in [0.5, 0.6) is 11.5 Å². The number of hydrogen-bond acceptors (Lipinski definition) is 10. The highest BCUT2D eigenvalue weighted by atomic mass is 32.2. The normalized spacial score (nSPS) is 17.2. The van der Waals surface area contributed by atoms with Crippen LogP contribution in [0, 0.1) is 11.3 Å². The zero-order valence-electron chi connectivity index (χ0n) is 23.2. The van der Waals surface area contributed by atoms with E-state index in [9.17, 15) is 13.7 Å². The van der Waals surface area contributed by atoms with Crippen molar-refractivity contribution in [1.29, 1.82) is 5.26 Å². The van der Waals surface area contributed by atoms with E-state index >= 15 is 0 Å². The molecule has 0 saturated carbocycles. The van der Waals surface area contributed by atoms with Gasteiger partial charge < -0.3 is 19.1 Å². The molecular weight excluding hydrogens is 544 g/mol. The molecule has 2 aliphatic rings. The quantitative estimate of drug-likeness (QED) is 0.375. The van der Waals surface area contributed by atoms with Gasteiger partial charge in [0, 0.05) is 30.6 Å². The molecule has 0 spiro atoms. The van der Waals surface area contributed by atoms with E-state index in [0.717, 1.165) is 25.9 Å². The minimum absolute atomic E-state index is 0.00676. The molecule has 0 radical (unpaired) electrons. The number of nitrogens with one attached hydrogen (secondary N) is 1. The summed E-state index contributed by atoms with van der Waals surface area (Å²) >= 11 is 0. The molecule has 0 bridgehead atoms. The Bertz CT molecular complexity index is 1500. The summed E-state index contributed by atoms with van der Waals surface area (Å²) in [4.78, 5) is 11.2. The summed E-state index contributed by atoms with van der Waals surface area (Å²) in [6.45, 7) is 2.79. The van der Waals surface area contributed by atoms with Crippen LogP contribution in [0.15, 0.2) is 59.6 Å². The fourth-order valence-electron chi connectivity index (χ4n) is 5.04. The summed E-state index contributed by atoms with van der Waals surface area (Å²) in [5.41, 5.74) is 4.62. The Morgan fingerprint density at radius 2 is 1.83 bits per heavy atom. The standard InChI is InChI=1S/C29H34N6O5S/c1-34-15-10-23(11-16-34)35(41(36,37)28-6-4-3-5-27(28)38-2)33-29-31-14-9-25(32-29)21-7-8-26(22(19-21)20-30)40-24-12-17-39-18-13-24/h3-9,14,19,23-24H,10-13,15-18H2,1-2H3,(H,31,32,33). The Morgan fingerprint density at radius 1 is 1.07 bits per heavy atom. The van der Waals surface area contributed by atoms with Crippen molar-refractivity contribution < 1.29 is 22.6 Å². The summed E-state index contributed by atoms with van der Waals surface area (Å²) < 4.78 is 46.1. The molecule has 2 aromatic carbocycles. The third-order valence-corrected chi connectivity index (χ3v) is 9.15. The summed E-state index contributed by atoms with van der Waals surface area (Å²) in [6, 6.07) is 15.5. The number of nitriles is 1. The van der Waals surface area contributed by atoms with Gasteiger partial charge in [0.15, 0.2) is 0 Å². The van der Waals surface area contributed by atoms with Gasteiger partial charge in [-0.25, -0.2) is 18.4 Å². The van der Waals surface area contributed by atoms with Gasteiger partial charge in [-0.1, -0.05) is 12.1 Å². The number of likely N-dealkylation sites (tertiary alicyclic amines) is 1. The molecule has 0 amide bonds. The minimum atomic E-state index is -4.04. The first-order valence-electron chi connectivity index (χ1n) is 13.6. The topological polar surface area (TPSA) is 130 Å². The van der Waals surface area contributed by atoms with Crippen LogP contribution < -0.4 is 14.9 Å². The van der Waals surface area contributed by atoms with Crippen molar-refractivity contribution in [3.8, 4) is 28.8 Å². The van der Waals surface area contributed by atoms with Gasteiger partial charge in [-0.05, 0) is 69.4 Å². The first-order chi connectivity index (χ1) is 19.9. The van der Waals surface area contributed by atoms with Crippen molar-refractivity contribution in [2.24, 2.45) is 0 Å². The van der Waals surface area contributed by atoms with Gasteiger partial charge in [0.1, 0.15) is 28.6 Å². The number of sulfonamides is 1. The molecule has 12 heteroatoms. The molecule has 2 aliphatic heterocycles. The summed E-state index contributed by atoms with van der Waals surface area (Å²) in [5.74, 6) is 0.904. The average molecular weight is 579 g/mol. The summed E-state index contributed by atoms with van der Waals surface area (Å²) in [7, 11) is -0.570. The molecule has 11 nitrogen and oxygen atoms in total. The van der Waals surface area contributed by atoms with Gasteiger partial charge in [-0.3, -0.25) is 5.43 Å². The molecule has 2 fully saturated rings. The maximum atomic E-state index is 14.0. The molecule has 5 rings (SSSR count). The fraction of sp³-hybridized carbons (Fsp3) is 0.414. The van der Waals surface area contributed by atoms with E-state index < -0.39 is 10.0 Å². The van der Waals surface area contributed by atoms with Crippen LogP contribution >= 0.6 is 0 Å². The zero-order chi connectivity index (χ0) is 28.8. The van der Waals surface area contributed by atoms with Crippen LogP contribution in [0.3, 0.4) is 0 Å². The van der Waals surface area contributed by atoms with Crippen LogP contribution in [-0.2, 0) is 14.8 Å². The lowest BCUT2D eigenvalue weighted by Crippen LogP contribution is -2.49. The van der Waals surface area contributed by atoms with Crippen LogP contribution in [0.25, 0.3) is 11.3 Å². The van der Waals surface area contributed by atoms with E-state index in [-0.39, 0.29) is 28.7 Å². The van der Waals surface area contributed by atoms with Crippen molar-refractivity contribution in [3.63, 3.8) is 0 Å².